The van der Waals surface area contributed by atoms with Crippen molar-refractivity contribution in [2.75, 3.05) is 30.0 Å². The van der Waals surface area contributed by atoms with Crippen LogP contribution in [-0.2, 0) is 11.2 Å². The van der Waals surface area contributed by atoms with Crippen LogP contribution in [0.5, 0.6) is 5.75 Å². The molecule has 9 nitrogen and oxygen atoms in total. The molecule has 2 N–H and O–H groups in total. The van der Waals surface area contributed by atoms with Gasteiger partial charge in [0, 0.05) is 41.9 Å². The summed E-state index contributed by atoms with van der Waals surface area (Å²) in [5, 5.41) is 3.96. The normalized spacial score (nSPS) is 26.3. The smallest absolute Gasteiger partial charge is 0.277 e. The predicted octanol–water partition coefficient (Wildman–Crippen LogP) is 2.70. The summed E-state index contributed by atoms with van der Waals surface area (Å²) in [7, 11) is 1.10. The average Bonchev–Trinajstić information content (AvgIpc) is 3.34. The van der Waals surface area contributed by atoms with Crippen LogP contribution in [0.25, 0.3) is 5.69 Å². The molecule has 3 heterocycles. The standard InChI is InChI=1S/C25H25N5O4/c1-34-19-11-9-18(10-12-19)30-23-20(22(27-30)24(26)32)13-15-29(25(23)33)17-7-5-16(6-8-17)28-14-3-2-4-21(28)31/h5-12H,2-4,13-15H2,1H3,(H2,26,32)/i2D2,3D2,5D,6D,7D,8D,9D,10D,11D,12D,15D2. The van der Waals surface area contributed by atoms with E-state index < -0.39 is 144 Å². The van der Waals surface area contributed by atoms with Crippen LogP contribution in [0.2, 0.25) is 0 Å². The molecule has 0 saturated carbocycles. The van der Waals surface area contributed by atoms with Crippen LogP contribution in [0.4, 0.5) is 11.4 Å². The second-order valence-electron chi connectivity index (χ2n) is 7.02. The Labute approximate surface area is 216 Å². The van der Waals surface area contributed by atoms with E-state index in [1.807, 2.05) is 0 Å². The zero-order valence-corrected chi connectivity index (χ0v) is 17.6. The van der Waals surface area contributed by atoms with E-state index in [2.05, 4.69) is 5.10 Å². The summed E-state index contributed by atoms with van der Waals surface area (Å²) >= 11 is 0. The molecule has 34 heavy (non-hydrogen) atoms. The lowest BCUT2D eigenvalue weighted by atomic mass is 10.0. The van der Waals surface area contributed by atoms with E-state index in [0.717, 1.165) is 7.11 Å². The van der Waals surface area contributed by atoms with E-state index in [9.17, 15) is 14.4 Å². The number of anilines is 2. The molecule has 0 spiro atoms. The van der Waals surface area contributed by atoms with Crippen LogP contribution >= 0.6 is 0 Å². The van der Waals surface area contributed by atoms with Crippen molar-refractivity contribution >= 4 is 29.1 Å². The second kappa shape index (κ2) is 8.66. The second-order valence-corrected chi connectivity index (χ2v) is 7.02. The molecule has 1 saturated heterocycles. The maximum absolute atomic E-state index is 14.3. The van der Waals surface area contributed by atoms with Gasteiger partial charge in [-0.05, 0) is 67.5 Å². The molecule has 0 atom stereocenters. The molecule has 2 aromatic carbocycles. The molecular formula is C25H25N5O4. The molecule has 0 bridgehead atoms. The van der Waals surface area contributed by atoms with Crippen LogP contribution < -0.4 is 20.3 Å². The monoisotopic (exact) mass is 473 g/mol. The van der Waals surface area contributed by atoms with Crippen molar-refractivity contribution in [3.05, 3.63) is 65.3 Å². The number of amides is 3. The number of aromatic nitrogens is 2. The van der Waals surface area contributed by atoms with Crippen molar-refractivity contribution in [1.82, 2.24) is 9.78 Å². The van der Waals surface area contributed by atoms with Crippen LogP contribution in [0.3, 0.4) is 0 Å². The number of piperidine rings is 1. The molecule has 1 aromatic heterocycles. The minimum Gasteiger partial charge on any atom is -0.497 e. The van der Waals surface area contributed by atoms with Crippen molar-refractivity contribution in [3.63, 3.8) is 0 Å². The maximum Gasteiger partial charge on any atom is 0.277 e. The Morgan fingerprint density at radius 3 is 2.29 bits per heavy atom. The molecule has 9 heteroatoms. The minimum absolute atomic E-state index is 0.249. The first-order chi connectivity index (χ1) is 22.0. The van der Waals surface area contributed by atoms with Crippen LogP contribution in [0.15, 0.2) is 48.3 Å². The van der Waals surface area contributed by atoms with Gasteiger partial charge in [0.05, 0.1) is 26.5 Å². The molecule has 0 aliphatic carbocycles. The van der Waals surface area contributed by atoms with Crippen LogP contribution in [0, 0.1) is 0 Å². The highest BCUT2D eigenvalue weighted by Gasteiger charge is 2.34. The lowest BCUT2D eigenvalue weighted by molar-refractivity contribution is -0.119. The van der Waals surface area contributed by atoms with Gasteiger partial charge in [0.1, 0.15) is 11.4 Å². The number of benzene rings is 2. The van der Waals surface area contributed by atoms with E-state index in [-0.39, 0.29) is 4.90 Å². The predicted molar refractivity (Wildman–Crippen MR) is 127 cm³/mol. The van der Waals surface area contributed by atoms with Crippen molar-refractivity contribution < 1.29 is 38.3 Å². The zero-order chi connectivity index (χ0) is 36.2. The molecule has 1 fully saturated rings. The Kier molecular flexibility index (Phi) is 2.77. The van der Waals surface area contributed by atoms with Gasteiger partial charge in [0.2, 0.25) is 5.91 Å². The summed E-state index contributed by atoms with van der Waals surface area (Å²) < 4.78 is 123. The Balaban J connectivity index is 1.76. The first-order valence-corrected chi connectivity index (χ1v) is 9.84. The van der Waals surface area contributed by atoms with E-state index in [1.165, 1.54) is 0 Å². The van der Waals surface area contributed by atoms with Gasteiger partial charge in [0.15, 0.2) is 5.69 Å². The molecule has 3 amide bonds. The fourth-order valence-corrected chi connectivity index (χ4v) is 3.42. The summed E-state index contributed by atoms with van der Waals surface area (Å²) in [6, 6.07) is -6.95. The molecule has 0 radical (unpaired) electrons. The van der Waals surface area contributed by atoms with Crippen LogP contribution in [-0.4, -0.2) is 47.7 Å². The highest BCUT2D eigenvalue weighted by Crippen LogP contribution is 2.31. The fraction of sp³-hybridized carbons (Fsp3) is 0.280. The largest absolute Gasteiger partial charge is 0.497 e. The topological polar surface area (TPSA) is 111 Å². The third kappa shape index (κ3) is 3.68. The summed E-state index contributed by atoms with van der Waals surface area (Å²) in [5.74, 6) is -4.16. The Morgan fingerprint density at radius 2 is 1.65 bits per heavy atom. The SMILES string of the molecule is [2H]c1c([2H])c(-n2nc(C(N)=O)c3c2C(=O)N(c2c([2H])c([2H])c(N4CC([2H])([2H])C([2H])([2H])CC4=O)c([2H])c2[2H])C([2H])([2H])C3)c([2H])c([2H])c1OC. The number of nitrogens with zero attached hydrogens (tertiary/aromatic N) is 4. The first-order valence-electron chi connectivity index (χ1n) is 16.8. The Hall–Kier alpha value is -4.14. The number of carbonyl (C=O) groups excluding carboxylic acids is 3. The lowest BCUT2D eigenvalue weighted by Crippen LogP contribution is -2.39. The number of hydrogen-bond acceptors (Lipinski definition) is 5. The zero-order valence-electron chi connectivity index (χ0n) is 31.6. The highest BCUT2D eigenvalue weighted by molar-refractivity contribution is 6.09. The van der Waals surface area contributed by atoms with Gasteiger partial charge in [-0.3, -0.25) is 14.4 Å². The number of fused-ring (bicyclic) bond motifs is 1. The number of methoxy groups -OCH3 is 1. The number of hydrogen-bond donors (Lipinski definition) is 1. The van der Waals surface area contributed by atoms with Gasteiger partial charge in [0.25, 0.3) is 11.8 Å². The lowest BCUT2D eigenvalue weighted by Gasteiger charge is -2.29. The van der Waals surface area contributed by atoms with Gasteiger partial charge in [-0.15, -0.1) is 0 Å². The number of primary amides is 1. The fourth-order valence-electron chi connectivity index (χ4n) is 3.42. The van der Waals surface area contributed by atoms with Gasteiger partial charge >= 0.3 is 0 Å². The molecular weight excluding hydrogens is 434 g/mol. The minimum atomic E-state index is -2.91. The molecule has 0 unspecified atom stereocenters. The number of carbonyl (C=O) groups is 3. The van der Waals surface area contributed by atoms with E-state index in [1.54, 1.807) is 0 Å². The first kappa shape index (κ1) is 10.9. The highest BCUT2D eigenvalue weighted by atomic mass is 16.5. The Morgan fingerprint density at radius 1 is 1.00 bits per heavy atom. The van der Waals surface area contributed by atoms with Crippen LogP contribution in [0.1, 0.15) is 64.9 Å². The van der Waals surface area contributed by atoms with Gasteiger partial charge in [-0.2, -0.15) is 5.10 Å². The molecule has 2 aliphatic rings. The van der Waals surface area contributed by atoms with Crippen molar-refractivity contribution in [2.45, 2.75) is 25.6 Å². The Bertz CT molecular complexity index is 1910. The van der Waals surface area contributed by atoms with Crippen molar-refractivity contribution in [2.24, 2.45) is 5.73 Å². The van der Waals surface area contributed by atoms with Gasteiger partial charge < -0.3 is 20.3 Å². The van der Waals surface area contributed by atoms with E-state index >= 15 is 0 Å². The number of nitrogens with two attached hydrogens (primary N) is 1. The number of ether oxygens (including phenoxy) is 1. The summed E-state index contributed by atoms with van der Waals surface area (Å²) in [4.78, 5) is 40.4. The average molecular weight is 474 g/mol. The quantitative estimate of drug-likeness (QED) is 0.613. The van der Waals surface area contributed by atoms with Crippen molar-refractivity contribution in [3.8, 4) is 11.4 Å². The maximum atomic E-state index is 14.3. The van der Waals surface area contributed by atoms with E-state index in [4.69, 9.17) is 29.7 Å². The molecule has 3 aromatic rings. The van der Waals surface area contributed by atoms with Gasteiger partial charge in [-0.1, -0.05) is 0 Å². The van der Waals surface area contributed by atoms with Gasteiger partial charge in [-0.25, -0.2) is 4.68 Å². The summed E-state index contributed by atoms with van der Waals surface area (Å²) in [5.41, 5.74) is 1.42. The number of rotatable bonds is 5. The van der Waals surface area contributed by atoms with Crippen molar-refractivity contribution in [1.29, 1.82) is 0 Å². The van der Waals surface area contributed by atoms with E-state index in [0.29, 0.717) is 9.58 Å². The molecule has 2 aliphatic heterocycles. The summed E-state index contributed by atoms with van der Waals surface area (Å²) in [6.45, 7) is -3.88. The third-order valence-corrected chi connectivity index (χ3v) is 5.04. The molecule has 174 valence electrons. The summed E-state index contributed by atoms with van der Waals surface area (Å²) in [6.07, 6.45) is -7.14. The third-order valence-electron chi connectivity index (χ3n) is 5.04. The molecule has 5 rings (SSSR count).